The van der Waals surface area contributed by atoms with E-state index in [1.165, 1.54) is 11.3 Å². The van der Waals surface area contributed by atoms with Crippen LogP contribution in [0.2, 0.25) is 0 Å². The molecule has 1 aliphatic rings. The van der Waals surface area contributed by atoms with Crippen LogP contribution in [0.15, 0.2) is 53.9 Å². The molecule has 7 nitrogen and oxygen atoms in total. The molecule has 1 fully saturated rings. The molecule has 0 atom stereocenters. The van der Waals surface area contributed by atoms with Gasteiger partial charge in [0.15, 0.2) is 0 Å². The van der Waals surface area contributed by atoms with E-state index in [1.54, 1.807) is 13.2 Å². The Kier molecular flexibility index (Phi) is 8.43. The lowest BCUT2D eigenvalue weighted by Gasteiger charge is -2.31. The van der Waals surface area contributed by atoms with Gasteiger partial charge >= 0.3 is 0 Å². The number of H-pyrrole nitrogens is 1. The van der Waals surface area contributed by atoms with Crippen molar-refractivity contribution < 1.29 is 14.3 Å². The number of hydrogen-bond acceptors (Lipinski definition) is 5. The smallest absolute Gasteiger partial charge is 0.266 e. The van der Waals surface area contributed by atoms with Crippen molar-refractivity contribution in [1.82, 2.24) is 15.1 Å². The highest BCUT2D eigenvalue weighted by molar-refractivity contribution is 7.12. The number of ether oxygens (including phenoxy) is 1. The van der Waals surface area contributed by atoms with Gasteiger partial charge in [0, 0.05) is 36.8 Å². The molecular formula is C28H29ClN4O3S. The molecule has 0 saturated carbocycles. The average Bonchev–Trinajstić information content (AvgIpc) is 3.53. The monoisotopic (exact) mass is 536 g/mol. The first kappa shape index (κ1) is 26.6. The lowest BCUT2D eigenvalue weighted by Crippen LogP contribution is -2.40. The lowest BCUT2D eigenvalue weighted by molar-refractivity contribution is 0.0350. The van der Waals surface area contributed by atoms with E-state index in [1.807, 2.05) is 71.8 Å². The van der Waals surface area contributed by atoms with Crippen LogP contribution in [0.5, 0.6) is 0 Å². The first-order valence-corrected chi connectivity index (χ1v) is 12.8. The highest BCUT2D eigenvalue weighted by Gasteiger charge is 2.24. The first-order valence-electron chi connectivity index (χ1n) is 12.0. The molecule has 0 bridgehead atoms. The number of aryl methyl sites for hydroxylation is 1. The van der Waals surface area contributed by atoms with Crippen LogP contribution in [-0.2, 0) is 4.74 Å². The molecule has 1 saturated heterocycles. The molecule has 3 heterocycles. The molecule has 1 aliphatic heterocycles. The Morgan fingerprint density at radius 2 is 1.92 bits per heavy atom. The van der Waals surface area contributed by atoms with E-state index < -0.39 is 0 Å². The summed E-state index contributed by atoms with van der Waals surface area (Å²) in [6.45, 7) is 3.22. The quantitative estimate of drug-likeness (QED) is 0.315. The maximum Gasteiger partial charge on any atom is 0.266 e. The van der Waals surface area contributed by atoms with E-state index in [4.69, 9.17) is 4.74 Å². The van der Waals surface area contributed by atoms with Crippen LogP contribution < -0.4 is 5.32 Å². The Hall–Kier alpha value is -3.46. The standard InChI is InChI=1S/C28H28N4O3S.ClH/c1-18-13-16-36-26(18)27(33)29-25-17-20(28(34)32-14-11-21(35-2)12-15-32)8-7-19(25)9-10-24-22-5-3-4-6-23(22)30-31-24;/h3-10,13,16-17,21H,11-12,14-15H2,1-2H3,(H,29,33)(H,30,31);1H. The predicted molar refractivity (Wildman–Crippen MR) is 152 cm³/mol. The molecule has 2 aromatic heterocycles. The van der Waals surface area contributed by atoms with Gasteiger partial charge in [-0.3, -0.25) is 14.7 Å². The molecule has 0 radical (unpaired) electrons. The highest BCUT2D eigenvalue weighted by atomic mass is 35.5. The molecule has 192 valence electrons. The third-order valence-electron chi connectivity index (χ3n) is 6.60. The number of halogens is 1. The summed E-state index contributed by atoms with van der Waals surface area (Å²) in [5.74, 6) is -0.228. The van der Waals surface area contributed by atoms with Crippen LogP contribution in [0.25, 0.3) is 23.1 Å². The summed E-state index contributed by atoms with van der Waals surface area (Å²) in [6, 6.07) is 15.3. The number of nitrogens with zero attached hydrogens (tertiary/aromatic N) is 2. The third kappa shape index (κ3) is 5.77. The van der Waals surface area contributed by atoms with Crippen LogP contribution in [0.1, 0.15) is 49.7 Å². The highest BCUT2D eigenvalue weighted by Crippen LogP contribution is 2.26. The Labute approximate surface area is 225 Å². The molecule has 9 heteroatoms. The van der Waals surface area contributed by atoms with Gasteiger partial charge in [-0.1, -0.05) is 30.3 Å². The molecule has 2 N–H and O–H groups in total. The van der Waals surface area contributed by atoms with Crippen molar-refractivity contribution >= 4 is 64.3 Å². The summed E-state index contributed by atoms with van der Waals surface area (Å²) in [6.07, 6.45) is 5.67. The number of aromatic nitrogens is 2. The maximum atomic E-state index is 13.3. The number of amides is 2. The average molecular weight is 537 g/mol. The number of thiophene rings is 1. The summed E-state index contributed by atoms with van der Waals surface area (Å²) in [5.41, 5.74) is 4.60. The molecule has 4 aromatic rings. The van der Waals surface area contributed by atoms with Gasteiger partial charge in [0.1, 0.15) is 0 Å². The van der Waals surface area contributed by atoms with Crippen LogP contribution in [0.3, 0.4) is 0 Å². The van der Waals surface area contributed by atoms with Crippen molar-refractivity contribution in [2.75, 3.05) is 25.5 Å². The number of piperidine rings is 1. The van der Waals surface area contributed by atoms with Gasteiger partial charge in [0.2, 0.25) is 0 Å². The first-order chi connectivity index (χ1) is 17.5. The number of anilines is 1. The van der Waals surface area contributed by atoms with Crippen molar-refractivity contribution in [3.63, 3.8) is 0 Å². The molecule has 37 heavy (non-hydrogen) atoms. The summed E-state index contributed by atoms with van der Waals surface area (Å²) >= 11 is 1.40. The number of likely N-dealkylation sites (tertiary alicyclic amines) is 1. The number of rotatable bonds is 6. The number of carbonyl (C=O) groups excluding carboxylic acids is 2. The largest absolute Gasteiger partial charge is 0.381 e. The van der Waals surface area contributed by atoms with Crippen molar-refractivity contribution in [3.8, 4) is 0 Å². The van der Waals surface area contributed by atoms with Crippen molar-refractivity contribution in [2.24, 2.45) is 0 Å². The Bertz CT molecular complexity index is 1440. The third-order valence-corrected chi connectivity index (χ3v) is 7.62. The number of hydrogen-bond donors (Lipinski definition) is 2. The number of nitrogens with one attached hydrogen (secondary N) is 2. The van der Waals surface area contributed by atoms with Gasteiger partial charge in [-0.05, 0) is 66.6 Å². The van der Waals surface area contributed by atoms with Crippen molar-refractivity contribution in [2.45, 2.75) is 25.9 Å². The van der Waals surface area contributed by atoms with E-state index in [0.717, 1.165) is 40.6 Å². The zero-order valence-electron chi connectivity index (χ0n) is 20.7. The van der Waals surface area contributed by atoms with Gasteiger partial charge in [-0.15, -0.1) is 23.7 Å². The fraction of sp³-hybridized carbons (Fsp3) is 0.250. The predicted octanol–water partition coefficient (Wildman–Crippen LogP) is 6.03. The van der Waals surface area contributed by atoms with Gasteiger partial charge < -0.3 is 15.0 Å². The SMILES string of the molecule is COC1CCN(C(=O)c2ccc(C=Cc3n[nH]c4ccccc34)c(NC(=O)c3sccc3C)c2)CC1.Cl. The second-order valence-corrected chi connectivity index (χ2v) is 9.82. The Morgan fingerprint density at radius 1 is 1.14 bits per heavy atom. The Balaban J connectivity index is 0.00000320. The fourth-order valence-corrected chi connectivity index (χ4v) is 5.31. The summed E-state index contributed by atoms with van der Waals surface area (Å²) < 4.78 is 5.43. The molecule has 0 spiro atoms. The summed E-state index contributed by atoms with van der Waals surface area (Å²) in [4.78, 5) is 28.8. The zero-order valence-corrected chi connectivity index (χ0v) is 22.3. The molecule has 0 unspecified atom stereocenters. The summed E-state index contributed by atoms with van der Waals surface area (Å²) in [7, 11) is 1.71. The van der Waals surface area contributed by atoms with Gasteiger partial charge in [-0.25, -0.2) is 0 Å². The van der Waals surface area contributed by atoms with Crippen LogP contribution in [0.4, 0.5) is 5.69 Å². The molecular weight excluding hydrogens is 508 g/mol. The number of aromatic amines is 1. The van der Waals surface area contributed by atoms with Crippen LogP contribution in [-0.4, -0.2) is 53.2 Å². The number of benzene rings is 2. The van der Waals surface area contributed by atoms with Crippen molar-refractivity contribution in [3.05, 3.63) is 81.2 Å². The molecule has 2 aromatic carbocycles. The maximum absolute atomic E-state index is 13.3. The van der Waals surface area contributed by atoms with Gasteiger partial charge in [0.05, 0.1) is 22.2 Å². The van der Waals surface area contributed by atoms with E-state index in [-0.39, 0.29) is 30.3 Å². The molecule has 2 amide bonds. The van der Waals surface area contributed by atoms with Crippen molar-refractivity contribution in [1.29, 1.82) is 0 Å². The van der Waals surface area contributed by atoms with Gasteiger partial charge in [0.25, 0.3) is 11.8 Å². The second kappa shape index (κ2) is 11.7. The fourth-order valence-electron chi connectivity index (χ4n) is 4.48. The number of carbonyl (C=O) groups is 2. The van der Waals surface area contributed by atoms with Gasteiger partial charge in [-0.2, -0.15) is 5.10 Å². The van der Waals surface area contributed by atoms with Crippen LogP contribution in [0, 0.1) is 6.92 Å². The lowest BCUT2D eigenvalue weighted by atomic mass is 10.0. The topological polar surface area (TPSA) is 87.3 Å². The Morgan fingerprint density at radius 3 is 2.65 bits per heavy atom. The van der Waals surface area contributed by atoms with E-state index in [0.29, 0.717) is 29.2 Å². The summed E-state index contributed by atoms with van der Waals surface area (Å²) in [5, 5.41) is 13.4. The number of methoxy groups -OCH3 is 1. The minimum Gasteiger partial charge on any atom is -0.381 e. The normalized spacial score (nSPS) is 14.2. The minimum absolute atomic E-state index is 0. The second-order valence-electron chi connectivity index (χ2n) is 8.90. The number of fused-ring (bicyclic) bond motifs is 1. The number of para-hydroxylation sites is 1. The van der Waals surface area contributed by atoms with E-state index in [2.05, 4.69) is 15.5 Å². The minimum atomic E-state index is -0.187. The van der Waals surface area contributed by atoms with Crippen LogP contribution >= 0.6 is 23.7 Å². The molecule has 5 rings (SSSR count). The molecule has 0 aliphatic carbocycles. The zero-order chi connectivity index (χ0) is 25.1. The van der Waals surface area contributed by atoms with E-state index in [9.17, 15) is 9.59 Å². The van der Waals surface area contributed by atoms with E-state index >= 15 is 0 Å².